The third kappa shape index (κ3) is 4.66. The van der Waals surface area contributed by atoms with Gasteiger partial charge in [-0.2, -0.15) is 0 Å². The molecular weight excluding hydrogens is 272 g/mol. The molecule has 120 valence electrons. The van der Waals surface area contributed by atoms with Crippen LogP contribution in [0.1, 0.15) is 52.4 Å². The van der Waals surface area contributed by atoms with Gasteiger partial charge in [0.1, 0.15) is 11.5 Å². The Morgan fingerprint density at radius 1 is 0.636 bits per heavy atom. The molecule has 0 aliphatic carbocycles. The minimum Gasteiger partial charge on any atom is -0.493 e. The van der Waals surface area contributed by atoms with Crippen LogP contribution >= 0.6 is 0 Å². The van der Waals surface area contributed by atoms with Crippen molar-refractivity contribution >= 4 is 10.8 Å². The monoisotopic (exact) mass is 300 g/mol. The van der Waals surface area contributed by atoms with Crippen molar-refractivity contribution in [3.8, 4) is 11.5 Å². The molecule has 2 rings (SSSR count). The van der Waals surface area contributed by atoms with E-state index in [2.05, 4.69) is 38.1 Å². The number of rotatable bonds is 10. The van der Waals surface area contributed by atoms with Gasteiger partial charge in [-0.1, -0.05) is 63.8 Å². The summed E-state index contributed by atoms with van der Waals surface area (Å²) >= 11 is 0. The highest BCUT2D eigenvalue weighted by molar-refractivity contribution is 5.93. The maximum absolute atomic E-state index is 5.96. The first kappa shape index (κ1) is 16.7. The van der Waals surface area contributed by atoms with E-state index in [0.29, 0.717) is 0 Å². The fourth-order valence-corrected chi connectivity index (χ4v) is 2.56. The molecule has 0 N–H and O–H groups in total. The van der Waals surface area contributed by atoms with Crippen molar-refractivity contribution in [1.29, 1.82) is 0 Å². The van der Waals surface area contributed by atoms with Crippen LogP contribution < -0.4 is 9.47 Å². The molecule has 0 aliphatic heterocycles. The van der Waals surface area contributed by atoms with Crippen molar-refractivity contribution < 1.29 is 9.47 Å². The summed E-state index contributed by atoms with van der Waals surface area (Å²) in [7, 11) is 0. The lowest BCUT2D eigenvalue weighted by Crippen LogP contribution is -2.00. The highest BCUT2D eigenvalue weighted by Crippen LogP contribution is 2.33. The van der Waals surface area contributed by atoms with Crippen molar-refractivity contribution in [2.24, 2.45) is 0 Å². The summed E-state index contributed by atoms with van der Waals surface area (Å²) in [5.74, 6) is 1.93. The van der Waals surface area contributed by atoms with Gasteiger partial charge in [0.15, 0.2) is 0 Å². The smallest absolute Gasteiger partial charge is 0.127 e. The Kier molecular flexibility index (Phi) is 7.08. The van der Waals surface area contributed by atoms with Gasteiger partial charge < -0.3 is 9.47 Å². The topological polar surface area (TPSA) is 18.5 Å². The Bertz CT molecular complexity index is 512. The molecule has 2 aromatic rings. The standard InChI is InChI=1S/C20H28O2/c1-3-5-9-15-21-19-13-14-20(22-16-10-6-4-2)18-12-8-7-11-17(18)19/h7-8,11-14H,3-6,9-10,15-16H2,1-2H3. The summed E-state index contributed by atoms with van der Waals surface area (Å²) < 4.78 is 11.9. The molecule has 0 fully saturated rings. The number of hydrogen-bond acceptors (Lipinski definition) is 2. The highest BCUT2D eigenvalue weighted by Gasteiger charge is 2.07. The minimum absolute atomic E-state index is 0.786. The molecule has 2 nitrogen and oxygen atoms in total. The zero-order chi connectivity index (χ0) is 15.6. The maximum Gasteiger partial charge on any atom is 0.127 e. The van der Waals surface area contributed by atoms with E-state index in [1.807, 2.05) is 12.1 Å². The lowest BCUT2D eigenvalue weighted by molar-refractivity contribution is 0.303. The maximum atomic E-state index is 5.96. The Labute approximate surface area is 134 Å². The van der Waals surface area contributed by atoms with Crippen molar-refractivity contribution in [3.05, 3.63) is 36.4 Å². The van der Waals surface area contributed by atoms with Crippen LogP contribution in [0.2, 0.25) is 0 Å². The predicted octanol–water partition coefficient (Wildman–Crippen LogP) is 5.98. The molecule has 0 saturated heterocycles. The SMILES string of the molecule is CCCCCOc1ccc(OCCCCC)c2ccccc12. The van der Waals surface area contributed by atoms with Gasteiger partial charge in [0.05, 0.1) is 13.2 Å². The van der Waals surface area contributed by atoms with Crippen LogP contribution in [0.3, 0.4) is 0 Å². The molecule has 0 radical (unpaired) electrons. The van der Waals surface area contributed by atoms with Crippen LogP contribution in [-0.2, 0) is 0 Å². The van der Waals surface area contributed by atoms with Gasteiger partial charge in [0.2, 0.25) is 0 Å². The van der Waals surface area contributed by atoms with Crippen LogP contribution in [0.4, 0.5) is 0 Å². The molecule has 0 unspecified atom stereocenters. The molecule has 0 heterocycles. The number of ether oxygens (including phenoxy) is 2. The van der Waals surface area contributed by atoms with Gasteiger partial charge in [-0.3, -0.25) is 0 Å². The Morgan fingerprint density at radius 2 is 1.09 bits per heavy atom. The second-order valence-corrected chi connectivity index (χ2v) is 5.72. The molecule has 0 aromatic heterocycles. The number of hydrogen-bond donors (Lipinski definition) is 0. The molecular formula is C20H28O2. The van der Waals surface area contributed by atoms with E-state index < -0.39 is 0 Å². The van der Waals surface area contributed by atoms with Gasteiger partial charge in [-0.25, -0.2) is 0 Å². The number of benzene rings is 2. The van der Waals surface area contributed by atoms with E-state index in [4.69, 9.17) is 9.47 Å². The van der Waals surface area contributed by atoms with Crippen LogP contribution in [-0.4, -0.2) is 13.2 Å². The van der Waals surface area contributed by atoms with Gasteiger partial charge in [0.25, 0.3) is 0 Å². The second-order valence-electron chi connectivity index (χ2n) is 5.72. The molecule has 22 heavy (non-hydrogen) atoms. The third-order valence-electron chi connectivity index (χ3n) is 3.85. The Balaban J connectivity index is 2.08. The lowest BCUT2D eigenvalue weighted by atomic mass is 10.1. The van der Waals surface area contributed by atoms with E-state index in [1.165, 1.54) is 25.7 Å². The van der Waals surface area contributed by atoms with E-state index in [-0.39, 0.29) is 0 Å². The molecule has 0 atom stereocenters. The average molecular weight is 300 g/mol. The molecule has 0 aliphatic rings. The summed E-state index contributed by atoms with van der Waals surface area (Å²) in [5, 5.41) is 2.29. The summed E-state index contributed by atoms with van der Waals surface area (Å²) in [6.45, 7) is 5.99. The van der Waals surface area contributed by atoms with Gasteiger partial charge in [-0.05, 0) is 25.0 Å². The second kappa shape index (κ2) is 9.34. The van der Waals surface area contributed by atoms with Crippen molar-refractivity contribution in [2.75, 3.05) is 13.2 Å². The summed E-state index contributed by atoms with van der Waals surface area (Å²) in [6.07, 6.45) is 7.09. The van der Waals surface area contributed by atoms with Crippen LogP contribution in [0, 0.1) is 0 Å². The lowest BCUT2D eigenvalue weighted by Gasteiger charge is -2.13. The predicted molar refractivity (Wildman–Crippen MR) is 94.0 cm³/mol. The van der Waals surface area contributed by atoms with E-state index in [9.17, 15) is 0 Å². The largest absolute Gasteiger partial charge is 0.493 e. The highest BCUT2D eigenvalue weighted by atomic mass is 16.5. The van der Waals surface area contributed by atoms with E-state index in [0.717, 1.165) is 48.3 Å². The molecule has 0 amide bonds. The Morgan fingerprint density at radius 3 is 1.50 bits per heavy atom. The van der Waals surface area contributed by atoms with Crippen LogP contribution in [0.15, 0.2) is 36.4 Å². The van der Waals surface area contributed by atoms with Gasteiger partial charge >= 0.3 is 0 Å². The van der Waals surface area contributed by atoms with Crippen LogP contribution in [0.25, 0.3) is 10.8 Å². The molecule has 2 aromatic carbocycles. The first-order chi connectivity index (χ1) is 10.9. The summed E-state index contributed by atoms with van der Waals surface area (Å²) in [5.41, 5.74) is 0. The Hall–Kier alpha value is -1.70. The summed E-state index contributed by atoms with van der Waals surface area (Å²) in [6, 6.07) is 12.4. The molecule has 0 saturated carbocycles. The summed E-state index contributed by atoms with van der Waals surface area (Å²) in [4.78, 5) is 0. The fourth-order valence-electron chi connectivity index (χ4n) is 2.56. The molecule has 0 bridgehead atoms. The van der Waals surface area contributed by atoms with E-state index >= 15 is 0 Å². The van der Waals surface area contributed by atoms with Gasteiger partial charge in [0, 0.05) is 10.8 Å². The zero-order valence-corrected chi connectivity index (χ0v) is 13.9. The minimum atomic E-state index is 0.786. The van der Waals surface area contributed by atoms with E-state index in [1.54, 1.807) is 0 Å². The van der Waals surface area contributed by atoms with Crippen LogP contribution in [0.5, 0.6) is 11.5 Å². The quantitative estimate of drug-likeness (QED) is 0.503. The molecule has 0 spiro atoms. The first-order valence-electron chi connectivity index (χ1n) is 8.64. The average Bonchev–Trinajstić information content (AvgIpc) is 2.56. The third-order valence-corrected chi connectivity index (χ3v) is 3.85. The zero-order valence-electron chi connectivity index (χ0n) is 13.9. The molecule has 2 heteroatoms. The van der Waals surface area contributed by atoms with Crippen molar-refractivity contribution in [2.45, 2.75) is 52.4 Å². The van der Waals surface area contributed by atoms with Crippen molar-refractivity contribution in [3.63, 3.8) is 0 Å². The van der Waals surface area contributed by atoms with Gasteiger partial charge in [-0.15, -0.1) is 0 Å². The number of fused-ring (bicyclic) bond motifs is 1. The van der Waals surface area contributed by atoms with Crippen molar-refractivity contribution in [1.82, 2.24) is 0 Å². The number of unbranched alkanes of at least 4 members (excludes halogenated alkanes) is 4. The normalized spacial score (nSPS) is 10.8. The fraction of sp³-hybridized carbons (Fsp3) is 0.500. The first-order valence-corrected chi connectivity index (χ1v) is 8.64.